The summed E-state index contributed by atoms with van der Waals surface area (Å²) in [7, 11) is 0. The van der Waals surface area contributed by atoms with Gasteiger partial charge in [-0.3, -0.25) is 4.79 Å². The number of fused-ring (bicyclic) bond motifs is 1. The smallest absolute Gasteiger partial charge is 0.303 e. The molecule has 3 rings (SSSR count). The Morgan fingerprint density at radius 2 is 2.00 bits per heavy atom. The Balaban J connectivity index is 1.80. The fraction of sp³-hybridized carbons (Fsp3) is 0.562. The molecule has 1 unspecified atom stereocenters. The first-order valence-corrected chi connectivity index (χ1v) is 7.33. The fourth-order valence-corrected chi connectivity index (χ4v) is 3.63. The van der Waals surface area contributed by atoms with E-state index in [1.54, 1.807) is 0 Å². The molecule has 1 aliphatic carbocycles. The van der Waals surface area contributed by atoms with E-state index in [9.17, 15) is 4.79 Å². The molecule has 0 aromatic heterocycles. The number of aliphatic carboxylic acids is 1. The number of hydrogen-bond donors (Lipinski definition) is 1. The van der Waals surface area contributed by atoms with Gasteiger partial charge in [-0.25, -0.2) is 0 Å². The molecule has 1 fully saturated rings. The van der Waals surface area contributed by atoms with Crippen LogP contribution in [-0.2, 0) is 4.79 Å². The van der Waals surface area contributed by atoms with Gasteiger partial charge in [-0.15, -0.1) is 0 Å². The Hall–Kier alpha value is -1.51. The van der Waals surface area contributed by atoms with Gasteiger partial charge in [0.1, 0.15) is 0 Å². The lowest BCUT2D eigenvalue weighted by Crippen LogP contribution is -2.32. The van der Waals surface area contributed by atoms with E-state index in [-0.39, 0.29) is 6.42 Å². The van der Waals surface area contributed by atoms with E-state index in [1.807, 2.05) is 0 Å². The van der Waals surface area contributed by atoms with Crippen LogP contribution in [0.15, 0.2) is 24.3 Å². The van der Waals surface area contributed by atoms with Crippen molar-refractivity contribution < 1.29 is 9.90 Å². The molecule has 2 aliphatic rings. The van der Waals surface area contributed by atoms with Crippen molar-refractivity contribution in [1.29, 1.82) is 0 Å². The van der Waals surface area contributed by atoms with Gasteiger partial charge in [0.25, 0.3) is 0 Å². The van der Waals surface area contributed by atoms with Crippen LogP contribution in [0.3, 0.4) is 0 Å². The molecule has 1 atom stereocenters. The van der Waals surface area contributed by atoms with Crippen molar-refractivity contribution in [3.05, 3.63) is 29.8 Å². The fourth-order valence-electron chi connectivity index (χ4n) is 3.63. The lowest BCUT2D eigenvalue weighted by Gasteiger charge is -2.27. The molecule has 19 heavy (non-hydrogen) atoms. The predicted octanol–water partition coefficient (Wildman–Crippen LogP) is 3.40. The van der Waals surface area contributed by atoms with Gasteiger partial charge >= 0.3 is 5.97 Å². The maximum absolute atomic E-state index is 10.8. The molecule has 1 aliphatic heterocycles. The van der Waals surface area contributed by atoms with Crippen LogP contribution in [0.4, 0.5) is 5.69 Å². The summed E-state index contributed by atoms with van der Waals surface area (Å²) in [4.78, 5) is 13.3. The number of carbonyl (C=O) groups is 1. The maximum Gasteiger partial charge on any atom is 0.303 e. The quantitative estimate of drug-likeness (QED) is 0.901. The first-order chi connectivity index (χ1) is 9.25. The lowest BCUT2D eigenvalue weighted by atomic mass is 9.96. The maximum atomic E-state index is 10.8. The lowest BCUT2D eigenvalue weighted by molar-refractivity contribution is -0.137. The van der Waals surface area contributed by atoms with Gasteiger partial charge in [-0.1, -0.05) is 31.0 Å². The number of benzene rings is 1. The van der Waals surface area contributed by atoms with Crippen LogP contribution < -0.4 is 4.90 Å². The third kappa shape index (κ3) is 2.46. The molecule has 0 bridgehead atoms. The Morgan fingerprint density at radius 1 is 1.26 bits per heavy atom. The minimum absolute atomic E-state index is 0.275. The molecular formula is C16H21NO2. The highest BCUT2D eigenvalue weighted by molar-refractivity contribution is 5.67. The SMILES string of the molecule is O=C(O)CCC1CN(C2CCCC2)c2ccccc21. The van der Waals surface area contributed by atoms with Crippen molar-refractivity contribution in [3.63, 3.8) is 0 Å². The van der Waals surface area contributed by atoms with Crippen LogP contribution >= 0.6 is 0 Å². The zero-order chi connectivity index (χ0) is 13.2. The molecule has 1 aromatic carbocycles. The van der Waals surface area contributed by atoms with E-state index in [2.05, 4.69) is 29.2 Å². The third-order valence-corrected chi connectivity index (χ3v) is 4.58. The largest absolute Gasteiger partial charge is 0.481 e. The van der Waals surface area contributed by atoms with Crippen LogP contribution in [-0.4, -0.2) is 23.7 Å². The van der Waals surface area contributed by atoms with Gasteiger partial charge in [-0.2, -0.15) is 0 Å². The second kappa shape index (κ2) is 5.24. The Morgan fingerprint density at radius 3 is 2.74 bits per heavy atom. The summed E-state index contributed by atoms with van der Waals surface area (Å²) in [5.41, 5.74) is 2.71. The topological polar surface area (TPSA) is 40.5 Å². The summed E-state index contributed by atoms with van der Waals surface area (Å²) in [6.07, 6.45) is 6.29. The normalized spacial score (nSPS) is 22.7. The molecular weight excluding hydrogens is 238 g/mol. The number of carboxylic acid groups (broad SMARTS) is 1. The minimum atomic E-state index is -0.684. The number of nitrogens with zero attached hydrogens (tertiary/aromatic N) is 1. The number of rotatable bonds is 4. The van der Waals surface area contributed by atoms with Gasteiger partial charge in [-0.05, 0) is 30.9 Å². The molecule has 3 nitrogen and oxygen atoms in total. The first kappa shape index (κ1) is 12.5. The summed E-state index contributed by atoms with van der Waals surface area (Å²) < 4.78 is 0. The molecule has 0 spiro atoms. The van der Waals surface area contributed by atoms with E-state index in [4.69, 9.17) is 5.11 Å². The van der Waals surface area contributed by atoms with E-state index in [0.29, 0.717) is 12.0 Å². The van der Waals surface area contributed by atoms with Gasteiger partial charge < -0.3 is 10.0 Å². The van der Waals surface area contributed by atoms with Crippen molar-refractivity contribution in [1.82, 2.24) is 0 Å². The molecule has 0 amide bonds. The van der Waals surface area contributed by atoms with Crippen LogP contribution in [0, 0.1) is 0 Å². The summed E-state index contributed by atoms with van der Waals surface area (Å²) >= 11 is 0. The van der Waals surface area contributed by atoms with Crippen molar-refractivity contribution >= 4 is 11.7 Å². The third-order valence-electron chi connectivity index (χ3n) is 4.58. The molecule has 1 aromatic rings. The summed E-state index contributed by atoms with van der Waals surface area (Å²) in [5, 5.41) is 8.89. The number of hydrogen-bond acceptors (Lipinski definition) is 2. The first-order valence-electron chi connectivity index (χ1n) is 7.33. The van der Waals surface area contributed by atoms with E-state index in [1.165, 1.54) is 36.9 Å². The predicted molar refractivity (Wildman–Crippen MR) is 75.7 cm³/mol. The number of anilines is 1. The highest BCUT2D eigenvalue weighted by Crippen LogP contribution is 2.42. The van der Waals surface area contributed by atoms with Crippen molar-refractivity contribution in [2.45, 2.75) is 50.5 Å². The monoisotopic (exact) mass is 259 g/mol. The number of carboxylic acids is 1. The van der Waals surface area contributed by atoms with Gasteiger partial charge in [0, 0.05) is 30.6 Å². The van der Waals surface area contributed by atoms with Crippen LogP contribution in [0.25, 0.3) is 0 Å². The Labute approximate surface area is 114 Å². The average molecular weight is 259 g/mol. The number of para-hydroxylation sites is 1. The second-order valence-corrected chi connectivity index (χ2v) is 5.78. The zero-order valence-corrected chi connectivity index (χ0v) is 11.2. The molecule has 1 N–H and O–H groups in total. The minimum Gasteiger partial charge on any atom is -0.481 e. The zero-order valence-electron chi connectivity index (χ0n) is 11.2. The highest BCUT2D eigenvalue weighted by Gasteiger charge is 2.33. The van der Waals surface area contributed by atoms with E-state index >= 15 is 0 Å². The van der Waals surface area contributed by atoms with Crippen molar-refractivity contribution in [3.8, 4) is 0 Å². The van der Waals surface area contributed by atoms with E-state index in [0.717, 1.165) is 13.0 Å². The van der Waals surface area contributed by atoms with Crippen LogP contribution in [0.1, 0.15) is 50.0 Å². The molecule has 102 valence electrons. The highest BCUT2D eigenvalue weighted by atomic mass is 16.4. The molecule has 3 heteroatoms. The van der Waals surface area contributed by atoms with E-state index < -0.39 is 5.97 Å². The van der Waals surface area contributed by atoms with Gasteiger partial charge in [0.2, 0.25) is 0 Å². The van der Waals surface area contributed by atoms with Crippen molar-refractivity contribution in [2.24, 2.45) is 0 Å². The second-order valence-electron chi connectivity index (χ2n) is 5.78. The van der Waals surface area contributed by atoms with Crippen LogP contribution in [0.5, 0.6) is 0 Å². The van der Waals surface area contributed by atoms with Gasteiger partial charge in [0.15, 0.2) is 0 Å². The average Bonchev–Trinajstić information content (AvgIpc) is 3.03. The molecule has 1 heterocycles. The summed E-state index contributed by atoms with van der Waals surface area (Å²) in [5.74, 6) is -0.287. The molecule has 1 saturated carbocycles. The van der Waals surface area contributed by atoms with Gasteiger partial charge in [0.05, 0.1) is 0 Å². The summed E-state index contributed by atoms with van der Waals surface area (Å²) in [6.45, 7) is 1.01. The Kier molecular flexibility index (Phi) is 3.45. The summed E-state index contributed by atoms with van der Waals surface area (Å²) in [6, 6.07) is 9.23. The molecule has 0 radical (unpaired) electrons. The van der Waals surface area contributed by atoms with Crippen molar-refractivity contribution in [2.75, 3.05) is 11.4 Å². The van der Waals surface area contributed by atoms with Crippen LogP contribution in [0.2, 0.25) is 0 Å². The Bertz CT molecular complexity index is 466. The standard InChI is InChI=1S/C16H21NO2/c18-16(19)10-9-12-11-17(13-5-1-2-6-13)15-8-4-3-7-14(12)15/h3-4,7-8,12-13H,1-2,5-6,9-11H2,(H,18,19). The molecule has 0 saturated heterocycles.